The molecule has 0 heterocycles. The number of benzene rings is 3. The average molecular weight is 531 g/mol. The molecule has 0 aromatic heterocycles. The highest BCUT2D eigenvalue weighted by molar-refractivity contribution is 6.35. The number of urea groups is 1. The number of carbonyl (C=O) groups excluding carboxylic acids is 1. The van der Waals surface area contributed by atoms with Gasteiger partial charge in [-0.1, -0.05) is 90.1 Å². The summed E-state index contributed by atoms with van der Waals surface area (Å²) in [7, 11) is 0. The number of amides is 2. The van der Waals surface area contributed by atoms with Crippen LogP contribution in [-0.4, -0.2) is 25.2 Å². The number of nitrogens with one attached hydrogen (secondary N) is 3. The fraction of sp³-hybridized carbons (Fsp3) is 0.321. The highest BCUT2D eigenvalue weighted by atomic mass is 35.5. The SMILES string of the molecule is O=C(NCC(CCNC1CCCC1)c1cccc(-c2ccccc2Cl)c1)Nc1cc(Cl)cc(Cl)c1. The van der Waals surface area contributed by atoms with Crippen LogP contribution in [0.5, 0.6) is 0 Å². The molecule has 4 rings (SSSR count). The Kier molecular flexibility index (Phi) is 9.33. The zero-order valence-electron chi connectivity index (χ0n) is 19.5. The van der Waals surface area contributed by atoms with Gasteiger partial charge in [-0.15, -0.1) is 0 Å². The van der Waals surface area contributed by atoms with E-state index in [4.69, 9.17) is 34.8 Å². The van der Waals surface area contributed by atoms with Crippen LogP contribution in [0.3, 0.4) is 0 Å². The molecule has 0 aliphatic heterocycles. The van der Waals surface area contributed by atoms with Crippen molar-refractivity contribution in [2.75, 3.05) is 18.4 Å². The summed E-state index contributed by atoms with van der Waals surface area (Å²) < 4.78 is 0. The lowest BCUT2D eigenvalue weighted by molar-refractivity contribution is 0.251. The number of hydrogen-bond donors (Lipinski definition) is 3. The predicted molar refractivity (Wildman–Crippen MR) is 148 cm³/mol. The maximum Gasteiger partial charge on any atom is 0.319 e. The highest BCUT2D eigenvalue weighted by Gasteiger charge is 2.18. The van der Waals surface area contributed by atoms with Crippen LogP contribution >= 0.6 is 34.8 Å². The number of anilines is 1. The third-order valence-electron chi connectivity index (χ3n) is 6.45. The Balaban J connectivity index is 1.46. The van der Waals surface area contributed by atoms with E-state index in [1.807, 2.05) is 24.3 Å². The minimum atomic E-state index is -0.292. The Morgan fingerprint density at radius 3 is 2.40 bits per heavy atom. The van der Waals surface area contributed by atoms with E-state index in [1.54, 1.807) is 18.2 Å². The normalized spacial score (nSPS) is 14.6. The van der Waals surface area contributed by atoms with Gasteiger partial charge in [0, 0.05) is 44.8 Å². The quantitative estimate of drug-likeness (QED) is 0.261. The summed E-state index contributed by atoms with van der Waals surface area (Å²) in [5, 5.41) is 11.2. The molecule has 1 atom stereocenters. The second-order valence-corrected chi connectivity index (χ2v) is 10.3. The van der Waals surface area contributed by atoms with Gasteiger partial charge in [0.25, 0.3) is 0 Å². The fourth-order valence-electron chi connectivity index (χ4n) is 4.65. The first-order valence-corrected chi connectivity index (χ1v) is 13.2. The summed E-state index contributed by atoms with van der Waals surface area (Å²) in [6.45, 7) is 1.40. The van der Waals surface area contributed by atoms with Gasteiger partial charge in [-0.05, 0) is 61.2 Å². The second kappa shape index (κ2) is 12.6. The summed E-state index contributed by atoms with van der Waals surface area (Å²) in [4.78, 5) is 12.6. The van der Waals surface area contributed by atoms with Crippen LogP contribution in [0.25, 0.3) is 11.1 Å². The molecule has 0 spiro atoms. The van der Waals surface area contributed by atoms with Crippen molar-refractivity contribution in [2.24, 2.45) is 0 Å². The van der Waals surface area contributed by atoms with E-state index in [2.05, 4.69) is 40.2 Å². The average Bonchev–Trinajstić information content (AvgIpc) is 3.34. The summed E-state index contributed by atoms with van der Waals surface area (Å²) in [6.07, 6.45) is 6.00. The molecule has 2 amide bonds. The molecule has 0 bridgehead atoms. The molecule has 3 aromatic rings. The number of carbonyl (C=O) groups is 1. The van der Waals surface area contributed by atoms with Gasteiger partial charge < -0.3 is 16.0 Å². The van der Waals surface area contributed by atoms with Gasteiger partial charge in [0.1, 0.15) is 0 Å². The van der Waals surface area contributed by atoms with Gasteiger partial charge >= 0.3 is 6.03 Å². The number of hydrogen-bond acceptors (Lipinski definition) is 2. The third kappa shape index (κ3) is 7.62. The van der Waals surface area contributed by atoms with E-state index < -0.39 is 0 Å². The van der Waals surface area contributed by atoms with E-state index in [0.717, 1.165) is 29.1 Å². The van der Waals surface area contributed by atoms with Crippen LogP contribution in [0.2, 0.25) is 15.1 Å². The van der Waals surface area contributed by atoms with Crippen LogP contribution < -0.4 is 16.0 Å². The van der Waals surface area contributed by atoms with Crippen molar-refractivity contribution < 1.29 is 4.79 Å². The molecule has 1 aliphatic carbocycles. The molecule has 3 N–H and O–H groups in total. The largest absolute Gasteiger partial charge is 0.337 e. The smallest absolute Gasteiger partial charge is 0.319 e. The molecule has 1 aliphatic rings. The molecule has 35 heavy (non-hydrogen) atoms. The molecular weight excluding hydrogens is 501 g/mol. The first-order valence-electron chi connectivity index (χ1n) is 12.1. The van der Waals surface area contributed by atoms with E-state index in [1.165, 1.54) is 31.2 Å². The molecule has 1 unspecified atom stereocenters. The molecular formula is C28H30Cl3N3O. The number of rotatable bonds is 9. The Morgan fingerprint density at radius 1 is 0.914 bits per heavy atom. The van der Waals surface area contributed by atoms with Crippen molar-refractivity contribution in [2.45, 2.75) is 44.1 Å². The Labute approximate surface area is 222 Å². The molecule has 4 nitrogen and oxygen atoms in total. The Morgan fingerprint density at radius 2 is 1.66 bits per heavy atom. The van der Waals surface area contributed by atoms with Gasteiger partial charge in [-0.25, -0.2) is 4.79 Å². The van der Waals surface area contributed by atoms with E-state index in [0.29, 0.717) is 28.3 Å². The van der Waals surface area contributed by atoms with Crippen LogP contribution in [-0.2, 0) is 0 Å². The molecule has 7 heteroatoms. The first kappa shape index (κ1) is 25.8. The van der Waals surface area contributed by atoms with Gasteiger partial charge in [0.05, 0.1) is 0 Å². The zero-order chi connectivity index (χ0) is 24.6. The highest BCUT2D eigenvalue weighted by Crippen LogP contribution is 2.31. The summed E-state index contributed by atoms with van der Waals surface area (Å²) in [6, 6.07) is 21.6. The molecule has 0 radical (unpaired) electrons. The topological polar surface area (TPSA) is 53.2 Å². The Hall–Kier alpha value is -2.24. The summed E-state index contributed by atoms with van der Waals surface area (Å²) >= 11 is 18.6. The fourth-order valence-corrected chi connectivity index (χ4v) is 5.42. The van der Waals surface area contributed by atoms with Crippen LogP contribution in [0.15, 0.2) is 66.7 Å². The maximum absolute atomic E-state index is 12.6. The minimum absolute atomic E-state index is 0.139. The van der Waals surface area contributed by atoms with Crippen LogP contribution in [0.4, 0.5) is 10.5 Å². The lowest BCUT2D eigenvalue weighted by Gasteiger charge is -2.21. The first-order chi connectivity index (χ1) is 17.0. The Bertz CT molecular complexity index is 1130. The lowest BCUT2D eigenvalue weighted by atomic mass is 9.92. The van der Waals surface area contributed by atoms with Crippen molar-refractivity contribution >= 4 is 46.5 Å². The van der Waals surface area contributed by atoms with Gasteiger partial charge in [0.2, 0.25) is 0 Å². The van der Waals surface area contributed by atoms with Crippen molar-refractivity contribution in [3.8, 4) is 11.1 Å². The molecule has 1 fully saturated rings. The van der Waals surface area contributed by atoms with Gasteiger partial charge in [-0.2, -0.15) is 0 Å². The van der Waals surface area contributed by atoms with Crippen molar-refractivity contribution in [1.82, 2.24) is 10.6 Å². The molecule has 184 valence electrons. The summed E-state index contributed by atoms with van der Waals surface area (Å²) in [5.74, 6) is 0.139. The van der Waals surface area contributed by atoms with Crippen LogP contribution in [0, 0.1) is 0 Å². The van der Waals surface area contributed by atoms with Crippen molar-refractivity contribution in [3.63, 3.8) is 0 Å². The summed E-state index contributed by atoms with van der Waals surface area (Å²) in [5.41, 5.74) is 3.80. The molecule has 3 aromatic carbocycles. The standard InChI is InChI=1S/C28H30Cl3N3O/c29-22-15-23(30)17-25(16-22)34-28(35)33-18-21(12-13-32-24-8-1-2-9-24)19-6-5-7-20(14-19)26-10-3-4-11-27(26)31/h3-7,10-11,14-17,21,24,32H,1-2,8-9,12-13,18H2,(H2,33,34,35). The van der Waals surface area contributed by atoms with Crippen molar-refractivity contribution in [1.29, 1.82) is 0 Å². The van der Waals surface area contributed by atoms with E-state index in [9.17, 15) is 4.79 Å². The second-order valence-electron chi connectivity index (χ2n) is 9.02. The molecule has 0 saturated heterocycles. The van der Waals surface area contributed by atoms with Gasteiger partial charge in [-0.3, -0.25) is 0 Å². The monoisotopic (exact) mass is 529 g/mol. The van der Waals surface area contributed by atoms with E-state index in [-0.39, 0.29) is 11.9 Å². The minimum Gasteiger partial charge on any atom is -0.337 e. The number of halogens is 3. The lowest BCUT2D eigenvalue weighted by Crippen LogP contribution is -2.34. The van der Waals surface area contributed by atoms with E-state index >= 15 is 0 Å². The van der Waals surface area contributed by atoms with Gasteiger partial charge in [0.15, 0.2) is 0 Å². The maximum atomic E-state index is 12.6. The van der Waals surface area contributed by atoms with Crippen molar-refractivity contribution in [3.05, 3.63) is 87.4 Å². The van der Waals surface area contributed by atoms with Crippen LogP contribution in [0.1, 0.15) is 43.6 Å². The zero-order valence-corrected chi connectivity index (χ0v) is 21.8. The predicted octanol–water partition coefficient (Wildman–Crippen LogP) is 8.14. The molecule has 1 saturated carbocycles. The third-order valence-corrected chi connectivity index (χ3v) is 7.22.